The molecule has 1 N–H and O–H groups in total. The van der Waals surface area contributed by atoms with E-state index in [0.29, 0.717) is 12.8 Å². The summed E-state index contributed by atoms with van der Waals surface area (Å²) in [5.74, 6) is -5.05. The number of carbonyl (C=O) groups is 1. The summed E-state index contributed by atoms with van der Waals surface area (Å²) in [5.41, 5.74) is 1.93. The molecule has 1 aromatic rings. The van der Waals surface area contributed by atoms with Gasteiger partial charge in [-0.05, 0) is 29.9 Å². The van der Waals surface area contributed by atoms with E-state index in [1.54, 1.807) is 0 Å². The summed E-state index contributed by atoms with van der Waals surface area (Å²) < 4.78 is 38.3. The summed E-state index contributed by atoms with van der Waals surface area (Å²) in [4.78, 5) is 11.2. The van der Waals surface area contributed by atoms with Gasteiger partial charge < -0.3 is 5.11 Å². The lowest BCUT2D eigenvalue weighted by molar-refractivity contribution is -0.196. The summed E-state index contributed by atoms with van der Waals surface area (Å²) in [6, 6.07) is 7.35. The number of alkyl halides is 3. The van der Waals surface area contributed by atoms with Gasteiger partial charge in [-0.25, -0.2) is 0 Å². The highest BCUT2D eigenvalue weighted by molar-refractivity contribution is 5.71. The third kappa shape index (κ3) is 2.74. The van der Waals surface area contributed by atoms with Crippen LogP contribution in [0.2, 0.25) is 0 Å². The van der Waals surface area contributed by atoms with Gasteiger partial charge in [0.05, 0.1) is 11.8 Å². The van der Waals surface area contributed by atoms with Gasteiger partial charge in [-0.15, -0.1) is 0 Å². The van der Waals surface area contributed by atoms with Crippen LogP contribution in [0.4, 0.5) is 13.2 Å². The number of aliphatic carboxylic acids is 1. The Morgan fingerprint density at radius 2 is 1.74 bits per heavy atom. The SMILES string of the molecule is C[C@H]([C@@H](C(=O)O)C1Cc2ccccc2C1)C(F)(F)F. The second-order valence-electron chi connectivity index (χ2n) is 5.13. The Kier molecular flexibility index (Phi) is 3.56. The predicted molar refractivity (Wildman–Crippen MR) is 63.7 cm³/mol. The topological polar surface area (TPSA) is 37.3 Å². The van der Waals surface area contributed by atoms with Crippen LogP contribution in [0, 0.1) is 17.8 Å². The van der Waals surface area contributed by atoms with Crippen molar-refractivity contribution < 1.29 is 23.1 Å². The molecule has 0 amide bonds. The minimum Gasteiger partial charge on any atom is -0.481 e. The number of halogens is 3. The Morgan fingerprint density at radius 1 is 1.26 bits per heavy atom. The van der Waals surface area contributed by atoms with Crippen molar-refractivity contribution in [3.63, 3.8) is 0 Å². The van der Waals surface area contributed by atoms with Gasteiger partial charge in [0.1, 0.15) is 0 Å². The molecule has 5 heteroatoms. The van der Waals surface area contributed by atoms with E-state index < -0.39 is 29.9 Å². The number of benzene rings is 1. The Bertz CT molecular complexity index is 457. The molecule has 104 valence electrons. The van der Waals surface area contributed by atoms with Crippen LogP contribution in [0.1, 0.15) is 18.1 Å². The molecule has 1 aromatic carbocycles. The van der Waals surface area contributed by atoms with Crippen LogP contribution >= 0.6 is 0 Å². The maximum atomic E-state index is 12.8. The number of carboxylic acids is 1. The number of hydrogen-bond acceptors (Lipinski definition) is 1. The van der Waals surface area contributed by atoms with Crippen molar-refractivity contribution >= 4 is 5.97 Å². The first kappa shape index (κ1) is 13.9. The highest BCUT2D eigenvalue weighted by Gasteiger charge is 2.48. The maximum Gasteiger partial charge on any atom is 0.392 e. The number of rotatable bonds is 3. The van der Waals surface area contributed by atoms with Crippen LogP contribution in [0.15, 0.2) is 24.3 Å². The molecule has 1 aliphatic carbocycles. The Balaban J connectivity index is 2.22. The molecule has 0 unspecified atom stereocenters. The van der Waals surface area contributed by atoms with Crippen molar-refractivity contribution in [1.29, 1.82) is 0 Å². The smallest absolute Gasteiger partial charge is 0.392 e. The van der Waals surface area contributed by atoms with Gasteiger partial charge in [0.2, 0.25) is 0 Å². The van der Waals surface area contributed by atoms with E-state index in [4.69, 9.17) is 5.11 Å². The van der Waals surface area contributed by atoms with Gasteiger partial charge in [0.25, 0.3) is 0 Å². The van der Waals surface area contributed by atoms with Crippen molar-refractivity contribution in [2.75, 3.05) is 0 Å². The van der Waals surface area contributed by atoms with Crippen molar-refractivity contribution in [2.45, 2.75) is 25.9 Å². The van der Waals surface area contributed by atoms with Gasteiger partial charge in [-0.3, -0.25) is 4.79 Å². The van der Waals surface area contributed by atoms with E-state index >= 15 is 0 Å². The monoisotopic (exact) mass is 272 g/mol. The minimum absolute atomic E-state index is 0.410. The van der Waals surface area contributed by atoms with E-state index in [-0.39, 0.29) is 0 Å². The summed E-state index contributed by atoms with van der Waals surface area (Å²) in [6.07, 6.45) is -3.65. The van der Waals surface area contributed by atoms with Gasteiger partial charge in [0.15, 0.2) is 0 Å². The average molecular weight is 272 g/mol. The van der Waals surface area contributed by atoms with Gasteiger partial charge in [-0.1, -0.05) is 31.2 Å². The third-order valence-electron chi connectivity index (χ3n) is 3.93. The number of hydrogen-bond donors (Lipinski definition) is 1. The highest BCUT2D eigenvalue weighted by atomic mass is 19.4. The van der Waals surface area contributed by atoms with E-state index in [1.807, 2.05) is 24.3 Å². The third-order valence-corrected chi connectivity index (χ3v) is 3.93. The molecule has 2 atom stereocenters. The zero-order valence-corrected chi connectivity index (χ0v) is 10.4. The lowest BCUT2D eigenvalue weighted by Gasteiger charge is -2.27. The summed E-state index contributed by atoms with van der Waals surface area (Å²) in [7, 11) is 0. The van der Waals surface area contributed by atoms with E-state index in [0.717, 1.165) is 18.1 Å². The first-order valence-corrected chi connectivity index (χ1v) is 6.17. The van der Waals surface area contributed by atoms with Crippen molar-refractivity contribution in [3.05, 3.63) is 35.4 Å². The van der Waals surface area contributed by atoms with Crippen molar-refractivity contribution in [3.8, 4) is 0 Å². The molecule has 0 aromatic heterocycles. The molecule has 2 nitrogen and oxygen atoms in total. The standard InChI is InChI=1S/C14H15F3O2/c1-8(14(15,16)17)12(13(18)19)11-6-9-4-2-3-5-10(9)7-11/h2-5,8,11-12H,6-7H2,1H3,(H,18,19)/t8-,12-/m1/s1. The Morgan fingerprint density at radius 3 is 2.11 bits per heavy atom. The van der Waals surface area contributed by atoms with Crippen LogP contribution in [0.5, 0.6) is 0 Å². The summed E-state index contributed by atoms with van der Waals surface area (Å²) in [6.45, 7) is 0.960. The lowest BCUT2D eigenvalue weighted by Crippen LogP contribution is -2.38. The van der Waals surface area contributed by atoms with Gasteiger partial charge in [-0.2, -0.15) is 13.2 Å². The van der Waals surface area contributed by atoms with E-state index in [2.05, 4.69) is 0 Å². The molecule has 0 saturated heterocycles. The second kappa shape index (κ2) is 4.87. The minimum atomic E-state index is -4.47. The molecule has 0 aliphatic heterocycles. The molecule has 19 heavy (non-hydrogen) atoms. The maximum absolute atomic E-state index is 12.8. The van der Waals surface area contributed by atoms with Crippen LogP contribution < -0.4 is 0 Å². The van der Waals surface area contributed by atoms with Crippen molar-refractivity contribution in [1.82, 2.24) is 0 Å². The predicted octanol–water partition coefficient (Wildman–Crippen LogP) is 3.30. The molecule has 0 fully saturated rings. The number of fused-ring (bicyclic) bond motifs is 1. The second-order valence-corrected chi connectivity index (χ2v) is 5.13. The fourth-order valence-electron chi connectivity index (χ4n) is 2.87. The number of carboxylic acid groups (broad SMARTS) is 1. The van der Waals surface area contributed by atoms with Gasteiger partial charge >= 0.3 is 12.1 Å². The highest BCUT2D eigenvalue weighted by Crippen LogP contribution is 2.40. The average Bonchev–Trinajstić information content (AvgIpc) is 2.70. The quantitative estimate of drug-likeness (QED) is 0.916. The van der Waals surface area contributed by atoms with Crippen LogP contribution in [-0.4, -0.2) is 17.3 Å². The van der Waals surface area contributed by atoms with Crippen LogP contribution in [-0.2, 0) is 17.6 Å². The fraction of sp³-hybridized carbons (Fsp3) is 0.500. The molecular formula is C14H15F3O2. The Hall–Kier alpha value is -1.52. The molecule has 0 spiro atoms. The molecule has 1 aliphatic rings. The van der Waals surface area contributed by atoms with E-state index in [1.165, 1.54) is 0 Å². The van der Waals surface area contributed by atoms with Crippen LogP contribution in [0.25, 0.3) is 0 Å². The van der Waals surface area contributed by atoms with Gasteiger partial charge in [0, 0.05) is 0 Å². The summed E-state index contributed by atoms with van der Waals surface area (Å²) in [5, 5.41) is 9.15. The largest absolute Gasteiger partial charge is 0.481 e. The molecular weight excluding hydrogens is 257 g/mol. The molecule has 0 radical (unpaired) electrons. The lowest BCUT2D eigenvalue weighted by atomic mass is 9.80. The normalized spacial score (nSPS) is 18.9. The summed E-state index contributed by atoms with van der Waals surface area (Å²) >= 11 is 0. The molecule has 2 rings (SSSR count). The van der Waals surface area contributed by atoms with Crippen molar-refractivity contribution in [2.24, 2.45) is 17.8 Å². The molecule has 0 saturated carbocycles. The zero-order valence-electron chi connectivity index (χ0n) is 10.4. The molecule has 0 bridgehead atoms. The van der Waals surface area contributed by atoms with E-state index in [9.17, 15) is 18.0 Å². The first-order chi connectivity index (χ1) is 8.80. The zero-order chi connectivity index (χ0) is 14.2. The van der Waals surface area contributed by atoms with Crippen LogP contribution in [0.3, 0.4) is 0 Å². The fourth-order valence-corrected chi connectivity index (χ4v) is 2.87. The molecule has 0 heterocycles. The Labute approximate surface area is 109 Å². The first-order valence-electron chi connectivity index (χ1n) is 6.17.